The van der Waals surface area contributed by atoms with Crippen LogP contribution in [0.3, 0.4) is 0 Å². The van der Waals surface area contributed by atoms with Crippen molar-refractivity contribution in [3.8, 4) is 5.69 Å². The molecule has 0 bridgehead atoms. The molecule has 0 spiro atoms. The fraction of sp³-hybridized carbons (Fsp3) is 0. The fourth-order valence-corrected chi connectivity index (χ4v) is 1.16. The van der Waals surface area contributed by atoms with E-state index in [9.17, 15) is 9.90 Å². The van der Waals surface area contributed by atoms with E-state index in [1.807, 2.05) is 0 Å². The number of rotatable bonds is 2. The van der Waals surface area contributed by atoms with Crippen molar-refractivity contribution >= 4 is 5.97 Å². The molecule has 1 aromatic heterocycles. The molecular formula is C9H6KN3O2. The van der Waals surface area contributed by atoms with Gasteiger partial charge >= 0.3 is 51.4 Å². The summed E-state index contributed by atoms with van der Waals surface area (Å²) >= 11 is 0. The molecule has 0 aliphatic carbocycles. The van der Waals surface area contributed by atoms with E-state index in [1.54, 1.807) is 18.2 Å². The number of carbonyl (C=O) groups excluding carboxylic acids is 1. The molecule has 0 atom stereocenters. The molecule has 0 fully saturated rings. The molecule has 5 nitrogen and oxygen atoms in total. The Morgan fingerprint density at radius 1 is 1.20 bits per heavy atom. The molecule has 15 heavy (non-hydrogen) atoms. The van der Waals surface area contributed by atoms with Crippen LogP contribution in [-0.2, 0) is 0 Å². The van der Waals surface area contributed by atoms with E-state index in [4.69, 9.17) is 0 Å². The van der Waals surface area contributed by atoms with Gasteiger partial charge in [-0.2, -0.15) is 15.0 Å². The van der Waals surface area contributed by atoms with E-state index < -0.39 is 5.97 Å². The minimum atomic E-state index is -1.24. The van der Waals surface area contributed by atoms with E-state index in [-0.39, 0.29) is 56.9 Å². The number of para-hydroxylation sites is 1. The summed E-state index contributed by atoms with van der Waals surface area (Å²) < 4.78 is 0. The van der Waals surface area contributed by atoms with Crippen LogP contribution in [0.5, 0.6) is 0 Å². The maximum Gasteiger partial charge on any atom is 1.00 e. The molecule has 1 aromatic carbocycles. The van der Waals surface area contributed by atoms with Gasteiger partial charge in [0.25, 0.3) is 0 Å². The number of aromatic nitrogens is 3. The molecule has 2 aromatic rings. The normalized spacial score (nSPS) is 9.33. The summed E-state index contributed by atoms with van der Waals surface area (Å²) in [5.74, 6) is -1.24. The maximum atomic E-state index is 10.7. The van der Waals surface area contributed by atoms with Gasteiger partial charge < -0.3 is 9.90 Å². The summed E-state index contributed by atoms with van der Waals surface area (Å²) in [7, 11) is 0. The Bertz CT molecular complexity index is 456. The molecule has 2 rings (SSSR count). The third-order valence-electron chi connectivity index (χ3n) is 1.76. The number of carboxylic acids is 1. The molecule has 1 heterocycles. The second kappa shape index (κ2) is 5.52. The second-order valence-electron chi connectivity index (χ2n) is 2.62. The minimum Gasteiger partial charge on any atom is -0.545 e. The third kappa shape index (κ3) is 2.73. The molecule has 0 amide bonds. The third-order valence-corrected chi connectivity index (χ3v) is 1.76. The van der Waals surface area contributed by atoms with Crippen molar-refractivity contribution in [3.63, 3.8) is 0 Å². The van der Waals surface area contributed by atoms with Crippen molar-refractivity contribution in [1.82, 2.24) is 15.0 Å². The number of carboxylic acid groups (broad SMARTS) is 1. The smallest absolute Gasteiger partial charge is 0.545 e. The number of carbonyl (C=O) groups is 1. The first-order chi connectivity index (χ1) is 6.79. The van der Waals surface area contributed by atoms with Crippen molar-refractivity contribution in [2.24, 2.45) is 0 Å². The number of hydrogen-bond donors (Lipinski definition) is 0. The van der Waals surface area contributed by atoms with Gasteiger partial charge in [-0.15, -0.1) is 0 Å². The molecule has 0 saturated carbocycles. The number of hydrogen-bond acceptors (Lipinski definition) is 4. The Hall–Kier alpha value is -0.534. The minimum absolute atomic E-state index is 0. The average Bonchev–Trinajstić information content (AvgIpc) is 2.70. The van der Waals surface area contributed by atoms with E-state index >= 15 is 0 Å². The van der Waals surface area contributed by atoms with Gasteiger partial charge in [-0.25, -0.2) is 0 Å². The molecule has 6 heteroatoms. The van der Waals surface area contributed by atoms with Gasteiger partial charge in [0.15, 0.2) is 0 Å². The summed E-state index contributed by atoms with van der Waals surface area (Å²) in [4.78, 5) is 12.0. The first-order valence-electron chi connectivity index (χ1n) is 3.96. The standard InChI is InChI=1S/C9H7N3O2.K/c13-9(14)7-3-1-2-4-8(7)12-10-5-6-11-12;/h1-6H,(H,13,14);/q;+1/p-1. The summed E-state index contributed by atoms with van der Waals surface area (Å²) in [5.41, 5.74) is 0.473. The molecular weight excluding hydrogens is 221 g/mol. The van der Waals surface area contributed by atoms with E-state index in [0.29, 0.717) is 5.69 Å². The van der Waals surface area contributed by atoms with Gasteiger partial charge in [0.2, 0.25) is 0 Å². The van der Waals surface area contributed by atoms with Crippen LogP contribution in [0, 0.1) is 0 Å². The number of aromatic carboxylic acids is 1. The summed E-state index contributed by atoms with van der Waals surface area (Å²) in [6.07, 6.45) is 2.96. The second-order valence-corrected chi connectivity index (χ2v) is 2.62. The molecule has 0 N–H and O–H groups in total. The maximum absolute atomic E-state index is 10.7. The Labute approximate surface area is 129 Å². The van der Waals surface area contributed by atoms with Crippen LogP contribution in [0.15, 0.2) is 36.7 Å². The fourth-order valence-electron chi connectivity index (χ4n) is 1.16. The van der Waals surface area contributed by atoms with Gasteiger partial charge in [-0.05, 0) is 6.07 Å². The van der Waals surface area contributed by atoms with Crippen LogP contribution in [0.1, 0.15) is 10.4 Å². The SMILES string of the molecule is O=C([O-])c1ccccc1-n1nccn1.[K+]. The number of nitrogens with zero attached hydrogens (tertiary/aromatic N) is 3. The average molecular weight is 227 g/mol. The van der Waals surface area contributed by atoms with Crippen LogP contribution in [0.25, 0.3) is 5.69 Å². The first kappa shape index (κ1) is 12.5. The predicted molar refractivity (Wildman–Crippen MR) is 45.7 cm³/mol. The van der Waals surface area contributed by atoms with Gasteiger partial charge in [-0.1, -0.05) is 18.2 Å². The molecule has 0 radical (unpaired) electrons. The molecule has 0 aliphatic heterocycles. The monoisotopic (exact) mass is 227 g/mol. The Balaban J connectivity index is 0.00000112. The largest absolute Gasteiger partial charge is 1.00 e. The van der Waals surface area contributed by atoms with Crippen LogP contribution < -0.4 is 56.5 Å². The first-order valence-corrected chi connectivity index (χ1v) is 3.96. The van der Waals surface area contributed by atoms with Crippen molar-refractivity contribution in [2.45, 2.75) is 0 Å². The zero-order valence-electron chi connectivity index (χ0n) is 8.12. The zero-order chi connectivity index (χ0) is 9.97. The number of benzene rings is 1. The van der Waals surface area contributed by atoms with Crippen LogP contribution >= 0.6 is 0 Å². The summed E-state index contributed by atoms with van der Waals surface area (Å²) in [5, 5.41) is 18.4. The van der Waals surface area contributed by atoms with Crippen LogP contribution in [0.2, 0.25) is 0 Å². The van der Waals surface area contributed by atoms with Crippen molar-refractivity contribution < 1.29 is 61.3 Å². The summed E-state index contributed by atoms with van der Waals surface area (Å²) in [6.45, 7) is 0. The quantitative estimate of drug-likeness (QED) is 0.502. The van der Waals surface area contributed by atoms with Crippen molar-refractivity contribution in [1.29, 1.82) is 0 Å². The molecule has 0 unspecified atom stereocenters. The van der Waals surface area contributed by atoms with Gasteiger partial charge in [0, 0.05) is 5.56 Å². The molecule has 70 valence electrons. The van der Waals surface area contributed by atoms with Gasteiger partial charge in [0.05, 0.1) is 24.1 Å². The molecule has 0 saturated heterocycles. The summed E-state index contributed by atoms with van der Waals surface area (Å²) in [6, 6.07) is 6.41. The van der Waals surface area contributed by atoms with Gasteiger partial charge in [-0.3, -0.25) is 0 Å². The zero-order valence-corrected chi connectivity index (χ0v) is 11.2. The Kier molecular flexibility index (Phi) is 4.62. The molecule has 0 aliphatic rings. The Morgan fingerprint density at radius 2 is 1.80 bits per heavy atom. The van der Waals surface area contributed by atoms with E-state index in [1.165, 1.54) is 23.3 Å². The topological polar surface area (TPSA) is 70.8 Å². The van der Waals surface area contributed by atoms with Crippen LogP contribution in [0.4, 0.5) is 0 Å². The van der Waals surface area contributed by atoms with Crippen molar-refractivity contribution in [3.05, 3.63) is 42.2 Å². The van der Waals surface area contributed by atoms with Crippen LogP contribution in [-0.4, -0.2) is 21.0 Å². The van der Waals surface area contributed by atoms with E-state index in [0.717, 1.165) is 0 Å². The predicted octanol–water partition coefficient (Wildman–Crippen LogP) is -3.37. The van der Waals surface area contributed by atoms with Crippen molar-refractivity contribution in [2.75, 3.05) is 0 Å². The van der Waals surface area contributed by atoms with Gasteiger partial charge in [0.1, 0.15) is 0 Å². The van der Waals surface area contributed by atoms with E-state index in [2.05, 4.69) is 10.2 Å². The Morgan fingerprint density at radius 3 is 2.40 bits per heavy atom.